The van der Waals surface area contributed by atoms with Gasteiger partial charge in [-0.3, -0.25) is 0 Å². The summed E-state index contributed by atoms with van der Waals surface area (Å²) in [5.41, 5.74) is 2.21. The molecule has 72 valence electrons. The summed E-state index contributed by atoms with van der Waals surface area (Å²) < 4.78 is -0.842. The van der Waals surface area contributed by atoms with Crippen molar-refractivity contribution >= 4 is 54.7 Å². The maximum atomic E-state index is 3.92. The number of hydrogen-bond donors (Lipinski definition) is 0. The van der Waals surface area contributed by atoms with Crippen LogP contribution in [-0.2, 0) is 0 Å². The highest BCUT2D eigenvalue weighted by Crippen LogP contribution is 2.29. The van der Waals surface area contributed by atoms with E-state index in [4.69, 9.17) is 0 Å². The van der Waals surface area contributed by atoms with Gasteiger partial charge in [-0.25, -0.2) is 0 Å². The SMILES string of the molecule is C=C[Si](C)(C)CCC[Si](C)(I)I. The van der Waals surface area contributed by atoms with Gasteiger partial charge in [-0.1, -0.05) is 32.1 Å². The fourth-order valence-electron chi connectivity index (χ4n) is 0.956. The Kier molecular flexibility index (Phi) is 6.25. The summed E-state index contributed by atoms with van der Waals surface area (Å²) in [7, 11) is -0.998. The highest BCUT2D eigenvalue weighted by atomic mass is 127. The van der Waals surface area contributed by atoms with E-state index in [9.17, 15) is 0 Å². The van der Waals surface area contributed by atoms with Crippen molar-refractivity contribution in [1.82, 2.24) is 0 Å². The van der Waals surface area contributed by atoms with E-state index in [0.717, 1.165) is 0 Å². The molecule has 0 atom stereocenters. The zero-order chi connectivity index (χ0) is 9.83. The fourth-order valence-corrected chi connectivity index (χ4v) is 5.69. The van der Waals surface area contributed by atoms with Crippen molar-refractivity contribution in [3.63, 3.8) is 0 Å². The Morgan fingerprint density at radius 1 is 1.17 bits per heavy atom. The first-order valence-electron chi connectivity index (χ1n) is 4.28. The van der Waals surface area contributed by atoms with Gasteiger partial charge in [0.05, 0.1) is 8.07 Å². The maximum absolute atomic E-state index is 3.92. The van der Waals surface area contributed by atoms with Crippen molar-refractivity contribution in [2.24, 2.45) is 0 Å². The van der Waals surface area contributed by atoms with Gasteiger partial charge in [-0.2, -0.15) is 0 Å². The second-order valence-corrected chi connectivity index (χ2v) is 32.1. The molecule has 0 aliphatic carbocycles. The van der Waals surface area contributed by atoms with E-state index in [0.29, 0.717) is 0 Å². The zero-order valence-corrected chi connectivity index (χ0v) is 14.5. The molecule has 0 aliphatic rings. The number of hydrogen-bond acceptors (Lipinski definition) is 0. The van der Waals surface area contributed by atoms with E-state index in [-0.39, 0.29) is 0 Å². The molecule has 0 saturated carbocycles. The summed E-state index contributed by atoms with van der Waals surface area (Å²) in [5, 5.41) is 0. The van der Waals surface area contributed by atoms with Gasteiger partial charge >= 0.3 is 0 Å². The largest absolute Gasteiger partial charge is 0.189 e. The van der Waals surface area contributed by atoms with Crippen LogP contribution in [0.3, 0.4) is 0 Å². The highest BCUT2D eigenvalue weighted by Gasteiger charge is 2.21. The van der Waals surface area contributed by atoms with Gasteiger partial charge in [0, 0.05) is 0 Å². The van der Waals surface area contributed by atoms with Crippen LogP contribution in [0.25, 0.3) is 0 Å². The van der Waals surface area contributed by atoms with Crippen LogP contribution in [0.1, 0.15) is 6.42 Å². The van der Waals surface area contributed by atoms with E-state index in [1.807, 2.05) is 0 Å². The second-order valence-electron chi connectivity index (χ2n) is 4.12. The van der Waals surface area contributed by atoms with Crippen molar-refractivity contribution in [2.75, 3.05) is 0 Å². The summed E-state index contributed by atoms with van der Waals surface area (Å²) >= 11 is 5.31. The van der Waals surface area contributed by atoms with Crippen LogP contribution in [0.4, 0.5) is 0 Å². The molecule has 0 spiro atoms. The molecule has 0 aromatic heterocycles. The molecule has 12 heavy (non-hydrogen) atoms. The molecule has 0 saturated heterocycles. The van der Waals surface area contributed by atoms with Crippen LogP contribution < -0.4 is 0 Å². The first-order valence-corrected chi connectivity index (χ1v) is 16.5. The second kappa shape index (κ2) is 5.50. The molecule has 0 N–H and O–H groups in total. The van der Waals surface area contributed by atoms with Gasteiger partial charge in [0.15, 0.2) is 3.07 Å². The van der Waals surface area contributed by atoms with Crippen LogP contribution in [0.5, 0.6) is 0 Å². The monoisotopic (exact) mass is 424 g/mol. The fraction of sp³-hybridized carbons (Fsp3) is 0.750. The number of rotatable bonds is 5. The predicted octanol–water partition coefficient (Wildman–Crippen LogP) is 4.75. The van der Waals surface area contributed by atoms with Gasteiger partial charge in [-0.05, 0) is 6.04 Å². The lowest BCUT2D eigenvalue weighted by atomic mass is 10.6. The van der Waals surface area contributed by atoms with Gasteiger partial charge in [-0.15, -0.1) is 55.9 Å². The van der Waals surface area contributed by atoms with Crippen molar-refractivity contribution in [3.8, 4) is 0 Å². The summed E-state index contributed by atoms with van der Waals surface area (Å²) in [6.45, 7) is 11.1. The zero-order valence-electron chi connectivity index (χ0n) is 8.16. The molecule has 0 nitrogen and oxygen atoms in total. The van der Waals surface area contributed by atoms with E-state index in [2.05, 4.69) is 75.5 Å². The summed E-state index contributed by atoms with van der Waals surface area (Å²) in [6.07, 6.45) is 1.42. The molecule has 0 aliphatic heterocycles. The van der Waals surface area contributed by atoms with Crippen molar-refractivity contribution in [1.29, 1.82) is 0 Å². The van der Waals surface area contributed by atoms with E-state index in [1.165, 1.54) is 18.5 Å². The normalized spacial score (nSPS) is 13.1. The molecule has 0 unspecified atom stereocenters. The van der Waals surface area contributed by atoms with Gasteiger partial charge in [0.2, 0.25) is 0 Å². The van der Waals surface area contributed by atoms with Crippen LogP contribution in [0.2, 0.25) is 31.7 Å². The number of halogens is 2. The summed E-state index contributed by atoms with van der Waals surface area (Å²) in [4.78, 5) is 0. The van der Waals surface area contributed by atoms with Crippen molar-refractivity contribution < 1.29 is 0 Å². The van der Waals surface area contributed by atoms with Crippen molar-refractivity contribution in [3.05, 3.63) is 12.3 Å². The van der Waals surface area contributed by atoms with Gasteiger partial charge in [0.25, 0.3) is 0 Å². The van der Waals surface area contributed by atoms with E-state index < -0.39 is 11.1 Å². The Bertz CT molecular complexity index is 150. The molecule has 0 aromatic rings. The Morgan fingerprint density at radius 2 is 1.67 bits per heavy atom. The van der Waals surface area contributed by atoms with Crippen LogP contribution in [0, 0.1) is 0 Å². The maximum Gasteiger partial charge on any atom is 0.189 e. The highest BCUT2D eigenvalue weighted by molar-refractivity contribution is 14.3. The standard InChI is InChI=1S/C8H18I2Si2/c1-5-11(2,3)7-6-8-12(4,9)10/h5H,1,6-8H2,2-4H3. The average Bonchev–Trinajstić information content (AvgIpc) is 1.84. The topological polar surface area (TPSA) is 0 Å². The molecule has 0 bridgehead atoms. The molecule has 0 rings (SSSR count). The van der Waals surface area contributed by atoms with Crippen LogP contribution in [0.15, 0.2) is 12.3 Å². The third kappa shape index (κ3) is 8.24. The van der Waals surface area contributed by atoms with E-state index >= 15 is 0 Å². The molecule has 4 heteroatoms. The van der Waals surface area contributed by atoms with Crippen molar-refractivity contribution in [2.45, 2.75) is 38.2 Å². The predicted molar refractivity (Wildman–Crippen MR) is 81.6 cm³/mol. The third-order valence-electron chi connectivity index (χ3n) is 1.99. The Hall–Kier alpha value is 1.63. The van der Waals surface area contributed by atoms with Gasteiger partial charge < -0.3 is 0 Å². The van der Waals surface area contributed by atoms with Gasteiger partial charge in [0.1, 0.15) is 0 Å². The lowest BCUT2D eigenvalue weighted by Crippen LogP contribution is -2.22. The smallest absolute Gasteiger partial charge is 0.107 e. The minimum atomic E-state index is -0.998. The quantitative estimate of drug-likeness (QED) is 0.340. The van der Waals surface area contributed by atoms with Crippen LogP contribution >= 0.6 is 43.6 Å². The van der Waals surface area contributed by atoms with E-state index in [1.54, 1.807) is 0 Å². The molecular formula is C8H18I2Si2. The molecule has 0 heterocycles. The first-order chi connectivity index (χ1) is 5.27. The molecule has 0 fully saturated rings. The Balaban J connectivity index is 3.64. The summed E-state index contributed by atoms with van der Waals surface area (Å²) in [5.74, 6) is 0. The lowest BCUT2D eigenvalue weighted by molar-refractivity contribution is 1.04. The third-order valence-corrected chi connectivity index (χ3v) is 9.20. The molecule has 0 amide bonds. The minimum Gasteiger partial charge on any atom is -0.107 e. The first kappa shape index (κ1) is 13.6. The Labute approximate surface area is 104 Å². The average molecular weight is 424 g/mol. The summed E-state index contributed by atoms with van der Waals surface area (Å²) in [6, 6.07) is 2.88. The Morgan fingerprint density at radius 3 is 2.00 bits per heavy atom. The molecule has 0 radical (unpaired) electrons. The molecule has 0 aromatic carbocycles. The molecular weight excluding hydrogens is 406 g/mol. The lowest BCUT2D eigenvalue weighted by Gasteiger charge is -2.18. The minimum absolute atomic E-state index is 0.842. The van der Waals surface area contributed by atoms with Crippen LogP contribution in [-0.4, -0.2) is 11.1 Å².